The first-order valence-electron chi connectivity index (χ1n) is 5.62. The lowest BCUT2D eigenvalue weighted by Gasteiger charge is -2.02. The number of fused-ring (bicyclic) bond motifs is 1. The zero-order chi connectivity index (χ0) is 12.5. The van der Waals surface area contributed by atoms with E-state index in [4.69, 9.17) is 10.5 Å². The van der Waals surface area contributed by atoms with Crippen LogP contribution in [0.5, 0.6) is 5.75 Å². The van der Waals surface area contributed by atoms with E-state index >= 15 is 0 Å². The van der Waals surface area contributed by atoms with Crippen molar-refractivity contribution in [3.8, 4) is 17.0 Å². The summed E-state index contributed by atoms with van der Waals surface area (Å²) in [6.07, 6.45) is 1.99. The highest BCUT2D eigenvalue weighted by molar-refractivity contribution is 7.15. The SMILES string of the molecule is COc1ccc(-c2csc3nc(CN)cn23)cc1. The highest BCUT2D eigenvalue weighted by Crippen LogP contribution is 2.27. The van der Waals surface area contributed by atoms with Gasteiger partial charge in [-0.25, -0.2) is 4.98 Å². The molecule has 0 aliphatic carbocycles. The number of methoxy groups -OCH3 is 1. The van der Waals surface area contributed by atoms with E-state index in [0.29, 0.717) is 6.54 Å². The average Bonchev–Trinajstić information content (AvgIpc) is 2.98. The van der Waals surface area contributed by atoms with Gasteiger partial charge in [-0.05, 0) is 29.8 Å². The van der Waals surface area contributed by atoms with Gasteiger partial charge in [0.25, 0.3) is 0 Å². The number of thiazole rings is 1. The summed E-state index contributed by atoms with van der Waals surface area (Å²) in [6.45, 7) is 0.469. The monoisotopic (exact) mass is 259 g/mol. The minimum absolute atomic E-state index is 0.469. The van der Waals surface area contributed by atoms with Gasteiger partial charge < -0.3 is 10.5 Å². The van der Waals surface area contributed by atoms with E-state index in [0.717, 1.165) is 27.7 Å². The Morgan fingerprint density at radius 2 is 2.11 bits per heavy atom. The minimum atomic E-state index is 0.469. The second kappa shape index (κ2) is 4.44. The van der Waals surface area contributed by atoms with E-state index in [1.807, 2.05) is 30.5 Å². The summed E-state index contributed by atoms with van der Waals surface area (Å²) in [5.74, 6) is 0.860. The molecule has 18 heavy (non-hydrogen) atoms. The number of hydrogen-bond acceptors (Lipinski definition) is 4. The topological polar surface area (TPSA) is 52.5 Å². The molecule has 1 aromatic carbocycles. The van der Waals surface area contributed by atoms with Gasteiger partial charge in [0.15, 0.2) is 4.96 Å². The van der Waals surface area contributed by atoms with Crippen molar-refractivity contribution < 1.29 is 4.74 Å². The molecule has 4 nitrogen and oxygen atoms in total. The van der Waals surface area contributed by atoms with Crippen molar-refractivity contribution in [1.29, 1.82) is 0 Å². The Kier molecular flexibility index (Phi) is 2.77. The average molecular weight is 259 g/mol. The summed E-state index contributed by atoms with van der Waals surface area (Å²) >= 11 is 1.62. The summed E-state index contributed by atoms with van der Waals surface area (Å²) in [4.78, 5) is 5.42. The molecular formula is C13H13N3OS. The van der Waals surface area contributed by atoms with Crippen molar-refractivity contribution in [2.75, 3.05) is 7.11 Å². The minimum Gasteiger partial charge on any atom is -0.497 e. The van der Waals surface area contributed by atoms with E-state index in [1.54, 1.807) is 18.4 Å². The van der Waals surface area contributed by atoms with Crippen LogP contribution in [-0.4, -0.2) is 16.5 Å². The molecule has 5 heteroatoms. The number of nitrogens with two attached hydrogens (primary N) is 1. The molecule has 0 spiro atoms. The van der Waals surface area contributed by atoms with Crippen LogP contribution in [-0.2, 0) is 6.54 Å². The van der Waals surface area contributed by atoms with Gasteiger partial charge in [-0.1, -0.05) is 0 Å². The van der Waals surface area contributed by atoms with Crippen LogP contribution >= 0.6 is 11.3 Å². The third-order valence-corrected chi connectivity index (χ3v) is 3.69. The number of hydrogen-bond donors (Lipinski definition) is 1. The van der Waals surface area contributed by atoms with Gasteiger partial charge in [-0.15, -0.1) is 11.3 Å². The van der Waals surface area contributed by atoms with E-state index < -0.39 is 0 Å². The van der Waals surface area contributed by atoms with Gasteiger partial charge in [0.1, 0.15) is 5.75 Å². The van der Waals surface area contributed by atoms with Crippen LogP contribution in [0.4, 0.5) is 0 Å². The quantitative estimate of drug-likeness (QED) is 0.786. The molecule has 2 aromatic heterocycles. The smallest absolute Gasteiger partial charge is 0.194 e. The number of ether oxygens (including phenoxy) is 1. The molecule has 3 rings (SSSR count). The van der Waals surface area contributed by atoms with E-state index in [9.17, 15) is 0 Å². The largest absolute Gasteiger partial charge is 0.497 e. The highest BCUT2D eigenvalue weighted by Gasteiger charge is 2.09. The first-order valence-corrected chi connectivity index (χ1v) is 6.49. The van der Waals surface area contributed by atoms with Crippen LogP contribution in [0, 0.1) is 0 Å². The van der Waals surface area contributed by atoms with Crippen LogP contribution in [0.2, 0.25) is 0 Å². The Bertz CT molecular complexity index is 669. The zero-order valence-electron chi connectivity index (χ0n) is 9.96. The summed E-state index contributed by atoms with van der Waals surface area (Å²) in [5, 5.41) is 2.10. The second-order valence-electron chi connectivity index (χ2n) is 3.94. The van der Waals surface area contributed by atoms with Crippen LogP contribution in [0.25, 0.3) is 16.2 Å². The maximum absolute atomic E-state index is 5.61. The predicted molar refractivity (Wildman–Crippen MR) is 72.9 cm³/mol. The summed E-state index contributed by atoms with van der Waals surface area (Å²) < 4.78 is 7.24. The standard InChI is InChI=1S/C13H13N3OS/c1-17-11-4-2-9(3-5-11)12-8-18-13-15-10(6-14)7-16(12)13/h2-5,7-8H,6,14H2,1H3. The lowest BCUT2D eigenvalue weighted by atomic mass is 10.2. The van der Waals surface area contributed by atoms with Crippen LogP contribution in [0.1, 0.15) is 5.69 Å². The molecule has 0 aliphatic rings. The Balaban J connectivity index is 2.09. The Morgan fingerprint density at radius 1 is 1.33 bits per heavy atom. The van der Waals surface area contributed by atoms with Crippen LogP contribution in [0.3, 0.4) is 0 Å². The maximum atomic E-state index is 5.61. The molecule has 0 atom stereocenters. The molecule has 2 N–H and O–H groups in total. The number of imidazole rings is 1. The Morgan fingerprint density at radius 3 is 2.78 bits per heavy atom. The molecule has 0 saturated heterocycles. The molecule has 0 amide bonds. The van der Waals surface area contributed by atoms with E-state index in [2.05, 4.69) is 14.8 Å². The number of rotatable bonds is 3. The van der Waals surface area contributed by atoms with Crippen LogP contribution in [0.15, 0.2) is 35.8 Å². The fraction of sp³-hybridized carbons (Fsp3) is 0.154. The first kappa shape index (κ1) is 11.3. The molecular weight excluding hydrogens is 246 g/mol. The number of nitrogens with zero attached hydrogens (tertiary/aromatic N) is 2. The Hall–Kier alpha value is -1.85. The normalized spacial score (nSPS) is 11.0. The van der Waals surface area contributed by atoms with Crippen molar-refractivity contribution in [3.05, 3.63) is 41.5 Å². The van der Waals surface area contributed by atoms with Crippen molar-refractivity contribution in [2.24, 2.45) is 5.73 Å². The molecule has 3 aromatic rings. The van der Waals surface area contributed by atoms with Gasteiger partial charge in [0.2, 0.25) is 0 Å². The fourth-order valence-corrected chi connectivity index (χ4v) is 2.80. The van der Waals surface area contributed by atoms with Gasteiger partial charge in [-0.2, -0.15) is 0 Å². The third-order valence-electron chi connectivity index (χ3n) is 2.85. The summed E-state index contributed by atoms with van der Waals surface area (Å²) in [6, 6.07) is 8.00. The third kappa shape index (κ3) is 1.77. The first-order chi connectivity index (χ1) is 8.81. The van der Waals surface area contributed by atoms with Gasteiger partial charge in [0.05, 0.1) is 18.5 Å². The van der Waals surface area contributed by atoms with E-state index in [1.165, 1.54) is 0 Å². The van der Waals surface area contributed by atoms with Crippen molar-refractivity contribution in [1.82, 2.24) is 9.38 Å². The predicted octanol–water partition coefficient (Wildman–Crippen LogP) is 2.53. The highest BCUT2D eigenvalue weighted by atomic mass is 32.1. The zero-order valence-corrected chi connectivity index (χ0v) is 10.8. The number of benzene rings is 1. The molecule has 0 radical (unpaired) electrons. The van der Waals surface area contributed by atoms with Crippen molar-refractivity contribution in [2.45, 2.75) is 6.54 Å². The van der Waals surface area contributed by atoms with Gasteiger partial charge >= 0.3 is 0 Å². The summed E-state index contributed by atoms with van der Waals surface area (Å²) in [5.41, 5.74) is 8.80. The second-order valence-corrected chi connectivity index (χ2v) is 4.77. The van der Waals surface area contributed by atoms with Gasteiger partial charge in [0, 0.05) is 18.1 Å². The maximum Gasteiger partial charge on any atom is 0.194 e. The molecule has 0 bridgehead atoms. The lowest BCUT2D eigenvalue weighted by molar-refractivity contribution is 0.415. The lowest BCUT2D eigenvalue weighted by Crippen LogP contribution is -1.95. The van der Waals surface area contributed by atoms with Crippen molar-refractivity contribution in [3.63, 3.8) is 0 Å². The molecule has 0 aliphatic heterocycles. The number of aromatic nitrogens is 2. The van der Waals surface area contributed by atoms with Gasteiger partial charge in [-0.3, -0.25) is 4.40 Å². The molecule has 2 heterocycles. The molecule has 92 valence electrons. The summed E-state index contributed by atoms with van der Waals surface area (Å²) in [7, 11) is 1.67. The van der Waals surface area contributed by atoms with Crippen molar-refractivity contribution >= 4 is 16.3 Å². The molecule has 0 unspecified atom stereocenters. The molecule has 0 saturated carbocycles. The van der Waals surface area contributed by atoms with E-state index in [-0.39, 0.29) is 0 Å². The van der Waals surface area contributed by atoms with Crippen LogP contribution < -0.4 is 10.5 Å². The fourth-order valence-electron chi connectivity index (χ4n) is 1.90. The Labute approximate surface area is 109 Å². The molecule has 0 fully saturated rings.